The largest absolute Gasteiger partial charge is 0.203 e. The lowest BCUT2D eigenvalue weighted by Gasteiger charge is -2.11. The normalized spacial score (nSPS) is 12.4. The summed E-state index contributed by atoms with van der Waals surface area (Å²) in [5.41, 5.74) is 1.42. The first-order valence-electron chi connectivity index (χ1n) is 10.7. The number of halogens is 4. The molecule has 0 spiro atoms. The third-order valence-corrected chi connectivity index (χ3v) is 5.69. The van der Waals surface area contributed by atoms with E-state index in [1.54, 1.807) is 12.1 Å². The molecule has 1 aliphatic carbocycles. The van der Waals surface area contributed by atoms with Crippen LogP contribution in [-0.2, 0) is 19.3 Å². The summed E-state index contributed by atoms with van der Waals surface area (Å²) in [7, 11) is 0. The van der Waals surface area contributed by atoms with Crippen LogP contribution in [0.5, 0.6) is 0 Å². The van der Waals surface area contributed by atoms with E-state index in [0.29, 0.717) is 42.4 Å². The minimum absolute atomic E-state index is 0.117. The number of aryl methyl sites for hydroxylation is 2. The highest BCUT2D eigenvalue weighted by molar-refractivity contribution is 5.79. The summed E-state index contributed by atoms with van der Waals surface area (Å²) in [6.07, 6.45) is 11.9. The number of hydrogen-bond acceptors (Lipinski definition) is 0. The Hall–Kier alpha value is -2.36. The topological polar surface area (TPSA) is 0 Å². The second kappa shape index (κ2) is 10.1. The highest BCUT2D eigenvalue weighted by atomic mass is 19.2. The predicted molar refractivity (Wildman–Crippen MR) is 115 cm³/mol. The molecule has 160 valence electrons. The summed E-state index contributed by atoms with van der Waals surface area (Å²) in [6, 6.07) is 3.24. The van der Waals surface area contributed by atoms with Gasteiger partial charge in [0.2, 0.25) is 0 Å². The quantitative estimate of drug-likeness (QED) is 0.178. The van der Waals surface area contributed by atoms with Gasteiger partial charge >= 0.3 is 0 Å². The standard InChI is InChI=1S/C26H28F4/c1-3-5-7-8-9-11-13-18-15-20-16-19-14-17(12-10-6-4-2)23(27)25(29)21(19)22(20)26(30)24(18)28/h3,8-9,14-15H,1,4-7,10-13,16H2,2H3/b9-8+. The van der Waals surface area contributed by atoms with Crippen LogP contribution in [0.1, 0.15) is 67.7 Å². The van der Waals surface area contributed by atoms with Gasteiger partial charge in [0.1, 0.15) is 0 Å². The van der Waals surface area contributed by atoms with E-state index >= 15 is 0 Å². The van der Waals surface area contributed by atoms with Crippen LogP contribution in [0.2, 0.25) is 0 Å². The van der Waals surface area contributed by atoms with Gasteiger partial charge in [-0.2, -0.15) is 0 Å². The second-order valence-electron chi connectivity index (χ2n) is 7.91. The molecular weight excluding hydrogens is 388 g/mol. The Bertz CT molecular complexity index is 956. The summed E-state index contributed by atoms with van der Waals surface area (Å²) >= 11 is 0. The van der Waals surface area contributed by atoms with Gasteiger partial charge in [-0.1, -0.05) is 50.1 Å². The summed E-state index contributed by atoms with van der Waals surface area (Å²) in [5.74, 6) is -4.04. The van der Waals surface area contributed by atoms with Crippen molar-refractivity contribution in [2.24, 2.45) is 0 Å². The van der Waals surface area contributed by atoms with Crippen LogP contribution in [0, 0.1) is 23.3 Å². The third kappa shape index (κ3) is 4.53. The summed E-state index contributed by atoms with van der Waals surface area (Å²) < 4.78 is 59.0. The van der Waals surface area contributed by atoms with E-state index in [1.807, 2.05) is 25.2 Å². The predicted octanol–water partition coefficient (Wildman–Crippen LogP) is 8.00. The zero-order chi connectivity index (χ0) is 21.7. The smallest absolute Gasteiger partial charge is 0.167 e. The van der Waals surface area contributed by atoms with Crippen molar-refractivity contribution < 1.29 is 17.6 Å². The Kier molecular flexibility index (Phi) is 7.52. The molecule has 0 bridgehead atoms. The Balaban J connectivity index is 1.87. The number of fused-ring (bicyclic) bond motifs is 3. The van der Waals surface area contributed by atoms with Crippen molar-refractivity contribution in [2.75, 3.05) is 0 Å². The molecule has 0 nitrogen and oxygen atoms in total. The fraction of sp³-hybridized carbons (Fsp3) is 0.385. The first-order valence-corrected chi connectivity index (χ1v) is 10.7. The van der Waals surface area contributed by atoms with Crippen LogP contribution in [0.15, 0.2) is 36.9 Å². The molecular formula is C26H28F4. The Morgan fingerprint density at radius 3 is 1.90 bits per heavy atom. The van der Waals surface area contributed by atoms with E-state index in [2.05, 4.69) is 6.58 Å². The van der Waals surface area contributed by atoms with Crippen molar-refractivity contribution in [2.45, 2.75) is 64.7 Å². The SMILES string of the molecule is C=CCC/C=C/CCc1cc2c(c(F)c1F)-c1c(cc(CCCCC)c(F)c1F)C2. The highest BCUT2D eigenvalue weighted by Crippen LogP contribution is 2.43. The van der Waals surface area contributed by atoms with Gasteiger partial charge in [-0.25, -0.2) is 17.6 Å². The maximum Gasteiger partial charge on any atom is 0.167 e. The molecule has 0 atom stereocenters. The lowest BCUT2D eigenvalue weighted by atomic mass is 9.97. The van der Waals surface area contributed by atoms with Crippen molar-refractivity contribution >= 4 is 0 Å². The monoisotopic (exact) mass is 416 g/mol. The average Bonchev–Trinajstić information content (AvgIpc) is 3.10. The third-order valence-electron chi connectivity index (χ3n) is 5.69. The molecule has 0 saturated carbocycles. The lowest BCUT2D eigenvalue weighted by Crippen LogP contribution is -2.02. The molecule has 0 saturated heterocycles. The fourth-order valence-corrected chi connectivity index (χ4v) is 4.12. The number of unbranched alkanes of at least 4 members (excludes halogenated alkanes) is 3. The molecule has 4 heteroatoms. The van der Waals surface area contributed by atoms with Crippen LogP contribution in [0.3, 0.4) is 0 Å². The summed E-state index contributed by atoms with van der Waals surface area (Å²) in [6.45, 7) is 5.70. The molecule has 0 unspecified atom stereocenters. The summed E-state index contributed by atoms with van der Waals surface area (Å²) in [5, 5.41) is 0. The first-order chi connectivity index (χ1) is 14.5. The van der Waals surface area contributed by atoms with E-state index in [4.69, 9.17) is 0 Å². The Morgan fingerprint density at radius 2 is 1.33 bits per heavy atom. The van der Waals surface area contributed by atoms with Crippen LogP contribution >= 0.6 is 0 Å². The van der Waals surface area contributed by atoms with Crippen molar-refractivity contribution in [3.05, 3.63) is 82.5 Å². The van der Waals surface area contributed by atoms with Crippen molar-refractivity contribution in [1.82, 2.24) is 0 Å². The highest BCUT2D eigenvalue weighted by Gasteiger charge is 2.31. The van der Waals surface area contributed by atoms with Crippen LogP contribution < -0.4 is 0 Å². The molecule has 2 aromatic carbocycles. The zero-order valence-electron chi connectivity index (χ0n) is 17.5. The Labute approximate surface area is 176 Å². The van der Waals surface area contributed by atoms with Gasteiger partial charge < -0.3 is 0 Å². The molecule has 0 radical (unpaired) electrons. The maximum atomic E-state index is 14.9. The minimum Gasteiger partial charge on any atom is -0.203 e. The van der Waals surface area contributed by atoms with Crippen LogP contribution in [-0.4, -0.2) is 0 Å². The van der Waals surface area contributed by atoms with Crippen LogP contribution in [0.4, 0.5) is 17.6 Å². The first kappa shape index (κ1) is 22.3. The maximum absolute atomic E-state index is 14.9. The molecule has 3 rings (SSSR count). The van der Waals surface area contributed by atoms with E-state index in [0.717, 1.165) is 32.1 Å². The second-order valence-corrected chi connectivity index (χ2v) is 7.91. The van der Waals surface area contributed by atoms with Gasteiger partial charge in [-0.05, 0) is 67.2 Å². The number of allylic oxidation sites excluding steroid dienone is 3. The van der Waals surface area contributed by atoms with Gasteiger partial charge in [0.25, 0.3) is 0 Å². The minimum atomic E-state index is -1.08. The van der Waals surface area contributed by atoms with Gasteiger partial charge in [0, 0.05) is 11.1 Å². The number of benzene rings is 2. The molecule has 0 N–H and O–H groups in total. The van der Waals surface area contributed by atoms with E-state index in [-0.39, 0.29) is 16.7 Å². The van der Waals surface area contributed by atoms with Crippen molar-refractivity contribution in [3.63, 3.8) is 0 Å². The van der Waals surface area contributed by atoms with E-state index in [9.17, 15) is 17.6 Å². The zero-order valence-corrected chi connectivity index (χ0v) is 17.5. The van der Waals surface area contributed by atoms with Crippen molar-refractivity contribution in [3.8, 4) is 11.1 Å². The molecule has 0 amide bonds. The van der Waals surface area contributed by atoms with Gasteiger partial charge in [-0.15, -0.1) is 6.58 Å². The van der Waals surface area contributed by atoms with E-state index < -0.39 is 23.3 Å². The molecule has 0 heterocycles. The van der Waals surface area contributed by atoms with Crippen molar-refractivity contribution in [1.29, 1.82) is 0 Å². The molecule has 1 aliphatic rings. The summed E-state index contributed by atoms with van der Waals surface area (Å²) in [4.78, 5) is 0. The van der Waals surface area contributed by atoms with Gasteiger partial charge in [-0.3, -0.25) is 0 Å². The Morgan fingerprint density at radius 1 is 0.767 bits per heavy atom. The van der Waals surface area contributed by atoms with Gasteiger partial charge in [0.05, 0.1) is 0 Å². The lowest BCUT2D eigenvalue weighted by molar-refractivity contribution is 0.491. The molecule has 0 aromatic heterocycles. The van der Waals surface area contributed by atoms with E-state index in [1.165, 1.54) is 0 Å². The van der Waals surface area contributed by atoms with Crippen LogP contribution in [0.25, 0.3) is 11.1 Å². The molecule has 2 aromatic rings. The molecule has 0 fully saturated rings. The molecule has 0 aliphatic heterocycles. The molecule has 30 heavy (non-hydrogen) atoms. The van der Waals surface area contributed by atoms with Gasteiger partial charge in [0.15, 0.2) is 23.3 Å². The number of rotatable bonds is 10. The average molecular weight is 417 g/mol. The number of hydrogen-bond donors (Lipinski definition) is 0. The fourth-order valence-electron chi connectivity index (χ4n) is 4.12.